The quantitative estimate of drug-likeness (QED) is 0.449. The fourth-order valence-corrected chi connectivity index (χ4v) is 1.18. The Hall–Kier alpha value is -0.670. The second kappa shape index (κ2) is 1.10. The molecule has 2 aliphatic rings. The zero-order chi connectivity index (χ0) is 6.65. The molecule has 1 aliphatic carbocycles. The van der Waals surface area contributed by atoms with Gasteiger partial charge in [-0.05, 0) is 0 Å². The molecule has 1 aliphatic heterocycles. The number of esters is 1. The summed E-state index contributed by atoms with van der Waals surface area (Å²) in [5.41, 5.74) is 0. The highest BCUT2D eigenvalue weighted by molar-refractivity contribution is 5.80. The fourth-order valence-electron chi connectivity index (χ4n) is 1.18. The smallest absolute Gasteiger partial charge is 0.315 e. The number of hydrogen-bond donors (Lipinski definition) is 0. The Morgan fingerprint density at radius 2 is 2.33 bits per heavy atom. The van der Waals surface area contributed by atoms with Crippen molar-refractivity contribution in [3.05, 3.63) is 0 Å². The van der Waals surface area contributed by atoms with E-state index >= 15 is 0 Å². The van der Waals surface area contributed by atoms with Gasteiger partial charge in [-0.3, -0.25) is 4.79 Å². The molecular weight excluding hydrogens is 130 g/mol. The lowest BCUT2D eigenvalue weighted by atomic mass is 10.4. The van der Waals surface area contributed by atoms with Crippen molar-refractivity contribution in [1.29, 1.82) is 0 Å². The molecule has 0 amide bonds. The SMILES string of the molecule is O=C1OC[C@@H]2[C@@H]1C2(F)F. The summed E-state index contributed by atoms with van der Waals surface area (Å²) in [5, 5.41) is 0. The fraction of sp³-hybridized carbons (Fsp3) is 0.800. The number of alkyl halides is 2. The van der Waals surface area contributed by atoms with E-state index in [9.17, 15) is 13.6 Å². The van der Waals surface area contributed by atoms with Gasteiger partial charge in [-0.1, -0.05) is 0 Å². The molecule has 4 heteroatoms. The normalized spacial score (nSPS) is 44.0. The van der Waals surface area contributed by atoms with Crippen molar-refractivity contribution >= 4 is 5.97 Å². The summed E-state index contributed by atoms with van der Waals surface area (Å²) >= 11 is 0. The first-order valence-electron chi connectivity index (χ1n) is 2.68. The van der Waals surface area contributed by atoms with Crippen LogP contribution in [0.4, 0.5) is 8.78 Å². The molecule has 1 saturated heterocycles. The van der Waals surface area contributed by atoms with Gasteiger partial charge in [0, 0.05) is 0 Å². The summed E-state index contributed by atoms with van der Waals surface area (Å²) < 4.78 is 28.7. The highest BCUT2D eigenvalue weighted by Crippen LogP contribution is 2.58. The van der Waals surface area contributed by atoms with Crippen molar-refractivity contribution < 1.29 is 18.3 Å². The first kappa shape index (κ1) is 5.14. The van der Waals surface area contributed by atoms with E-state index in [-0.39, 0.29) is 6.61 Å². The summed E-state index contributed by atoms with van der Waals surface area (Å²) in [4.78, 5) is 10.3. The lowest BCUT2D eigenvalue weighted by Crippen LogP contribution is -2.12. The second-order valence-corrected chi connectivity index (χ2v) is 2.39. The number of carbonyl (C=O) groups excluding carboxylic acids is 1. The third-order valence-electron chi connectivity index (χ3n) is 1.86. The van der Waals surface area contributed by atoms with Gasteiger partial charge < -0.3 is 4.74 Å². The molecule has 0 radical (unpaired) electrons. The number of rotatable bonds is 0. The molecular formula is C5H4F2O2. The maximum atomic E-state index is 12.2. The van der Waals surface area contributed by atoms with Crippen LogP contribution in [0.15, 0.2) is 0 Å². The monoisotopic (exact) mass is 134 g/mol. The average molecular weight is 134 g/mol. The van der Waals surface area contributed by atoms with Gasteiger partial charge in [0.05, 0.1) is 5.92 Å². The van der Waals surface area contributed by atoms with Gasteiger partial charge in [0.1, 0.15) is 12.5 Å². The van der Waals surface area contributed by atoms with Gasteiger partial charge in [-0.25, -0.2) is 8.78 Å². The first-order valence-corrected chi connectivity index (χ1v) is 2.68. The van der Waals surface area contributed by atoms with E-state index < -0.39 is 23.7 Å². The molecule has 2 rings (SSSR count). The third-order valence-corrected chi connectivity index (χ3v) is 1.86. The number of hydrogen-bond acceptors (Lipinski definition) is 2. The van der Waals surface area contributed by atoms with E-state index in [1.165, 1.54) is 0 Å². The van der Waals surface area contributed by atoms with Gasteiger partial charge in [0.15, 0.2) is 0 Å². The Kier molecular flexibility index (Phi) is 0.629. The van der Waals surface area contributed by atoms with Gasteiger partial charge in [-0.15, -0.1) is 0 Å². The summed E-state index contributed by atoms with van der Waals surface area (Å²) in [6.45, 7) is -0.0868. The van der Waals surface area contributed by atoms with Crippen molar-refractivity contribution in [2.45, 2.75) is 5.92 Å². The number of carbonyl (C=O) groups is 1. The molecule has 1 heterocycles. The molecule has 2 fully saturated rings. The van der Waals surface area contributed by atoms with Crippen LogP contribution in [0.1, 0.15) is 0 Å². The van der Waals surface area contributed by atoms with Crippen LogP contribution in [0.2, 0.25) is 0 Å². The molecule has 0 aromatic heterocycles. The van der Waals surface area contributed by atoms with Gasteiger partial charge in [-0.2, -0.15) is 0 Å². The molecule has 0 aromatic rings. The maximum Gasteiger partial charge on any atom is 0.315 e. The summed E-state index contributed by atoms with van der Waals surface area (Å²) in [5.74, 6) is -5.37. The molecule has 0 unspecified atom stereocenters. The summed E-state index contributed by atoms with van der Waals surface area (Å²) in [6.07, 6.45) is 0. The summed E-state index contributed by atoms with van der Waals surface area (Å²) in [6, 6.07) is 0. The molecule has 0 spiro atoms. The van der Waals surface area contributed by atoms with E-state index in [2.05, 4.69) is 4.74 Å². The standard InChI is InChI=1S/C5H4F2O2/c6-5(7)2-1-9-4(8)3(2)5/h2-3H,1H2/t2-,3+/m1/s1. The molecule has 2 atom stereocenters. The van der Waals surface area contributed by atoms with Crippen molar-refractivity contribution in [3.63, 3.8) is 0 Å². The van der Waals surface area contributed by atoms with E-state index in [0.29, 0.717) is 0 Å². The predicted molar refractivity (Wildman–Crippen MR) is 22.9 cm³/mol. The van der Waals surface area contributed by atoms with E-state index in [1.54, 1.807) is 0 Å². The van der Waals surface area contributed by atoms with Crippen LogP contribution in [0.25, 0.3) is 0 Å². The van der Waals surface area contributed by atoms with Crippen LogP contribution < -0.4 is 0 Å². The second-order valence-electron chi connectivity index (χ2n) is 2.39. The topological polar surface area (TPSA) is 26.3 Å². The Labute approximate surface area is 49.8 Å². The van der Waals surface area contributed by atoms with Crippen LogP contribution in [-0.2, 0) is 9.53 Å². The maximum absolute atomic E-state index is 12.2. The lowest BCUT2D eigenvalue weighted by Gasteiger charge is -1.99. The molecule has 9 heavy (non-hydrogen) atoms. The number of fused-ring (bicyclic) bond motifs is 1. The van der Waals surface area contributed by atoms with E-state index in [0.717, 1.165) is 0 Å². The molecule has 0 bridgehead atoms. The number of ether oxygens (including phenoxy) is 1. The first-order chi connectivity index (χ1) is 4.14. The number of cyclic esters (lactones) is 1. The van der Waals surface area contributed by atoms with Crippen LogP contribution in [-0.4, -0.2) is 18.5 Å². The van der Waals surface area contributed by atoms with Gasteiger partial charge in [0.25, 0.3) is 5.92 Å². The van der Waals surface area contributed by atoms with Gasteiger partial charge in [0.2, 0.25) is 0 Å². The highest BCUT2D eigenvalue weighted by Gasteiger charge is 2.76. The van der Waals surface area contributed by atoms with Gasteiger partial charge >= 0.3 is 5.97 Å². The van der Waals surface area contributed by atoms with Crippen LogP contribution in [0.3, 0.4) is 0 Å². The number of halogens is 2. The van der Waals surface area contributed by atoms with Crippen molar-refractivity contribution in [3.8, 4) is 0 Å². The van der Waals surface area contributed by atoms with Crippen molar-refractivity contribution in [2.75, 3.05) is 6.61 Å². The Morgan fingerprint density at radius 3 is 2.56 bits per heavy atom. The minimum absolute atomic E-state index is 0.0868. The molecule has 0 aromatic carbocycles. The largest absolute Gasteiger partial charge is 0.465 e. The van der Waals surface area contributed by atoms with E-state index in [4.69, 9.17) is 0 Å². The Morgan fingerprint density at radius 1 is 1.67 bits per heavy atom. The lowest BCUT2D eigenvalue weighted by molar-refractivity contribution is -0.146. The van der Waals surface area contributed by atoms with Crippen molar-refractivity contribution in [1.82, 2.24) is 0 Å². The molecule has 0 N–H and O–H groups in total. The Bertz CT molecular complexity index is 178. The van der Waals surface area contributed by atoms with Crippen LogP contribution in [0.5, 0.6) is 0 Å². The zero-order valence-corrected chi connectivity index (χ0v) is 4.43. The van der Waals surface area contributed by atoms with Crippen LogP contribution in [0, 0.1) is 11.8 Å². The minimum Gasteiger partial charge on any atom is -0.465 e. The average Bonchev–Trinajstić information content (AvgIpc) is 2.19. The predicted octanol–water partition coefficient (Wildman–Crippen LogP) is 0.425. The minimum atomic E-state index is -2.74. The molecule has 50 valence electrons. The molecule has 2 nitrogen and oxygen atoms in total. The molecule has 1 saturated carbocycles. The van der Waals surface area contributed by atoms with E-state index in [1.807, 2.05) is 0 Å². The zero-order valence-electron chi connectivity index (χ0n) is 4.43. The Balaban J connectivity index is 2.23. The third kappa shape index (κ3) is 0.418. The van der Waals surface area contributed by atoms with Crippen molar-refractivity contribution in [2.24, 2.45) is 11.8 Å². The summed E-state index contributed by atoms with van der Waals surface area (Å²) in [7, 11) is 0. The highest BCUT2D eigenvalue weighted by atomic mass is 19.3. The van der Waals surface area contributed by atoms with Crippen LogP contribution >= 0.6 is 0 Å².